The molecule has 0 bridgehead atoms. The van der Waals surface area contributed by atoms with Gasteiger partial charge in [-0.2, -0.15) is 0 Å². The number of halogens is 3. The van der Waals surface area contributed by atoms with Crippen molar-refractivity contribution in [1.29, 1.82) is 0 Å². The highest BCUT2D eigenvalue weighted by molar-refractivity contribution is 9.10. The molecule has 0 spiro atoms. The minimum absolute atomic E-state index is 0. The molecule has 21 rings (SSSR count). The van der Waals surface area contributed by atoms with Crippen LogP contribution in [0.1, 0.15) is 64.8 Å². The molecule has 0 radical (unpaired) electrons. The van der Waals surface area contributed by atoms with Gasteiger partial charge in [0, 0.05) is 75.4 Å². The lowest BCUT2D eigenvalue weighted by Gasteiger charge is -2.22. The summed E-state index contributed by atoms with van der Waals surface area (Å²) in [6, 6.07) is 138. The highest BCUT2D eigenvalue weighted by atomic mass is 79.9. The summed E-state index contributed by atoms with van der Waals surface area (Å²) in [7, 11) is -2.84. The van der Waals surface area contributed by atoms with Gasteiger partial charge in [-0.3, -0.25) is 0 Å². The zero-order valence-corrected chi connectivity index (χ0v) is 74.0. The Hall–Kier alpha value is -14.4. The van der Waals surface area contributed by atoms with E-state index in [1.165, 1.54) is 56.1 Å². The van der Waals surface area contributed by atoms with Crippen LogP contribution in [0.3, 0.4) is 0 Å². The van der Waals surface area contributed by atoms with Gasteiger partial charge in [0.1, 0.15) is 0 Å². The normalized spacial score (nSPS) is 11.8. The Balaban J connectivity index is 0.000000134. The summed E-state index contributed by atoms with van der Waals surface area (Å²) in [5.74, 6) is 5.91. The van der Waals surface area contributed by atoms with Crippen molar-refractivity contribution in [1.82, 2.24) is 44.9 Å². The fraction of sp³-hybridized carbons (Fsp3) is 0.0708. The van der Waals surface area contributed by atoms with Gasteiger partial charge in [0.25, 0.3) is 0 Å². The predicted molar refractivity (Wildman–Crippen MR) is 544 cm³/mol. The predicted octanol–water partition coefficient (Wildman–Crippen LogP) is 26.3. The van der Waals surface area contributed by atoms with Crippen LogP contribution in [0.2, 0.25) is 10.0 Å². The number of nitrogens with zero attached hydrogens (tertiary/aromatic N) is 9. The summed E-state index contributed by atoms with van der Waals surface area (Å²) in [6.45, 7) is 9.00. The zero-order valence-electron chi connectivity index (χ0n) is 70.9. The maximum Gasteiger partial charge on any atom is 0.488 e. The first kappa shape index (κ1) is 91.3. The summed E-state index contributed by atoms with van der Waals surface area (Å²) in [6.07, 6.45) is 0. The standard InChI is InChI=1S/C42H31N3.C27H18ClN3.C21H14BrN3.C15H15BO2.C6H6BClO2.2CH4/c1-42(2)37-22-10-9-21-35(37)36-24-23-33(27-38(36)42)31-18-11-17-30(25-31)32-19-12-20-34(26-32)41-44-39(28-13-5-3-6-14-28)43-40(45-41)29-15-7-4-8-16-29;28-24-16-8-14-22(18-24)21-13-7-15-23(17-21)27-30-25(19-9-3-1-4-10-19)29-26(31-27)20-11-5-2-6-12-20;22-18-13-7-12-17(14-18)21-24-19(15-8-3-1-4-9-15)23-20(25-21)16-10-5-2-6-11-16;1-15(2)13-6-4-3-5-11(13)12-8-7-10(16(17)18)9-14(12)15;8-6-3-1-2-5(4-6)7(9)10;;/h3-27H,1-2H3;1-18H;1-14H;3-9,17-18H,1-2H3;1-4,9-10H;2*1H4. The summed E-state index contributed by atoms with van der Waals surface area (Å²) in [5.41, 5.74) is 26.6. The third-order valence-electron chi connectivity index (χ3n) is 22.7. The van der Waals surface area contributed by atoms with Crippen molar-refractivity contribution in [3.8, 4) is 158 Å². The smallest absolute Gasteiger partial charge is 0.423 e. The van der Waals surface area contributed by atoms with Crippen LogP contribution in [-0.4, -0.2) is 79.2 Å². The Morgan fingerprint density at radius 2 is 0.443 bits per heavy atom. The Bertz CT molecular complexity index is 7020. The average molecular weight is 1810 g/mol. The second kappa shape index (κ2) is 41.3. The first-order valence-electron chi connectivity index (χ1n) is 42.2. The average Bonchev–Trinajstić information content (AvgIpc) is 1.58. The third kappa shape index (κ3) is 21.1. The van der Waals surface area contributed by atoms with Crippen molar-refractivity contribution in [2.75, 3.05) is 0 Å². The highest BCUT2D eigenvalue weighted by Gasteiger charge is 2.37. The van der Waals surface area contributed by atoms with Crippen molar-refractivity contribution in [3.63, 3.8) is 0 Å². The van der Waals surface area contributed by atoms with E-state index in [1.54, 1.807) is 24.3 Å². The molecule has 640 valence electrons. The van der Waals surface area contributed by atoms with Gasteiger partial charge in [-0.25, -0.2) is 44.9 Å². The van der Waals surface area contributed by atoms with Crippen molar-refractivity contribution in [2.45, 2.75) is 53.4 Å². The number of fused-ring (bicyclic) bond motifs is 6. The summed E-state index contributed by atoms with van der Waals surface area (Å²) >= 11 is 15.3. The second-order valence-electron chi connectivity index (χ2n) is 32.1. The fourth-order valence-electron chi connectivity index (χ4n) is 16.1. The second-order valence-corrected chi connectivity index (χ2v) is 33.9. The molecule has 131 heavy (non-hydrogen) atoms. The molecule has 2 aliphatic carbocycles. The van der Waals surface area contributed by atoms with E-state index in [0.29, 0.717) is 73.4 Å². The number of aromatic nitrogens is 9. The van der Waals surface area contributed by atoms with E-state index in [0.717, 1.165) is 82.4 Å². The maximum absolute atomic E-state index is 9.30. The number of hydrogen-bond donors (Lipinski definition) is 4. The first-order valence-corrected chi connectivity index (χ1v) is 43.8. The van der Waals surface area contributed by atoms with Crippen molar-refractivity contribution < 1.29 is 20.1 Å². The summed E-state index contributed by atoms with van der Waals surface area (Å²) < 4.78 is 0.993. The van der Waals surface area contributed by atoms with Gasteiger partial charge in [-0.05, 0) is 149 Å². The Morgan fingerprint density at radius 1 is 0.206 bits per heavy atom. The fourth-order valence-corrected chi connectivity index (χ4v) is 16.9. The molecule has 0 atom stereocenters. The lowest BCUT2D eigenvalue weighted by molar-refractivity contribution is 0.424. The third-order valence-corrected chi connectivity index (χ3v) is 23.7. The van der Waals surface area contributed by atoms with E-state index in [2.05, 4.69) is 164 Å². The van der Waals surface area contributed by atoms with E-state index >= 15 is 0 Å². The molecule has 0 fully saturated rings. The molecule has 4 N–H and O–H groups in total. The molecule has 0 unspecified atom stereocenters. The number of rotatable bonds is 14. The Kier molecular flexibility index (Phi) is 28.8. The molecule has 0 saturated heterocycles. The molecule has 16 aromatic carbocycles. The monoisotopic (exact) mass is 1810 g/mol. The van der Waals surface area contributed by atoms with Crippen molar-refractivity contribution >= 4 is 64.3 Å². The van der Waals surface area contributed by atoms with Crippen LogP contribution in [0.15, 0.2) is 417 Å². The molecule has 2 aliphatic rings. The van der Waals surface area contributed by atoms with Gasteiger partial charge in [0.15, 0.2) is 52.4 Å². The van der Waals surface area contributed by atoms with Crippen LogP contribution in [-0.2, 0) is 10.8 Å². The van der Waals surface area contributed by atoms with Gasteiger partial charge >= 0.3 is 14.2 Å². The molecule has 18 heteroatoms. The van der Waals surface area contributed by atoms with E-state index in [9.17, 15) is 10.0 Å². The van der Waals surface area contributed by atoms with Crippen LogP contribution in [0.25, 0.3) is 158 Å². The van der Waals surface area contributed by atoms with Gasteiger partial charge in [0.05, 0.1) is 0 Å². The van der Waals surface area contributed by atoms with E-state index in [4.69, 9.17) is 73.1 Å². The number of benzene rings is 16. The van der Waals surface area contributed by atoms with Crippen molar-refractivity contribution in [2.24, 2.45) is 0 Å². The summed E-state index contributed by atoms with van der Waals surface area (Å²) in [5, 5.41) is 37.1. The molecule has 19 aromatic rings. The van der Waals surface area contributed by atoms with E-state index in [-0.39, 0.29) is 25.7 Å². The van der Waals surface area contributed by atoms with Gasteiger partial charge in [-0.1, -0.05) is 434 Å². The SMILES string of the molecule is Brc1cccc(-c2nc(-c3ccccc3)nc(-c3ccccc3)n2)c1.C.C.CC1(C)c2ccccc2-c2ccc(-c3cccc(-c4cccc(-c5nc(-c6ccccc6)nc(-c6ccccc6)n5)c4)c3)cc21.CC1(C)c2ccccc2-c2ccc(B(O)O)cc21.Clc1cccc(-c2cccc(-c3nc(-c4ccccc4)nc(-c4ccccc4)n3)c2)c1.OB(O)c1cccc(Cl)c1. The van der Waals surface area contributed by atoms with Crippen molar-refractivity contribution in [3.05, 3.63) is 449 Å². The van der Waals surface area contributed by atoms with Crippen LogP contribution >= 0.6 is 39.1 Å². The molecule has 0 aliphatic heterocycles. The van der Waals surface area contributed by atoms with Crippen LogP contribution in [0.5, 0.6) is 0 Å². The minimum Gasteiger partial charge on any atom is -0.423 e. The maximum atomic E-state index is 9.30. The molecule has 0 saturated carbocycles. The van der Waals surface area contributed by atoms with Gasteiger partial charge < -0.3 is 20.1 Å². The molecule has 0 amide bonds. The van der Waals surface area contributed by atoms with Gasteiger partial charge in [0.2, 0.25) is 0 Å². The molecular formula is C113H92B2BrCl2N9O4. The highest BCUT2D eigenvalue weighted by Crippen LogP contribution is 2.51. The van der Waals surface area contributed by atoms with Gasteiger partial charge in [-0.15, -0.1) is 0 Å². The molecule has 13 nitrogen and oxygen atoms in total. The largest absolute Gasteiger partial charge is 0.488 e. The Morgan fingerprint density at radius 3 is 0.771 bits per heavy atom. The lowest BCUT2D eigenvalue weighted by Crippen LogP contribution is -2.31. The van der Waals surface area contributed by atoms with Crippen LogP contribution in [0, 0.1) is 0 Å². The lowest BCUT2D eigenvalue weighted by atomic mass is 9.75. The summed E-state index contributed by atoms with van der Waals surface area (Å²) in [4.78, 5) is 43.2. The minimum atomic E-state index is -1.43. The van der Waals surface area contributed by atoms with Crippen LogP contribution in [0.4, 0.5) is 0 Å². The van der Waals surface area contributed by atoms with E-state index in [1.807, 2.05) is 267 Å². The molecule has 3 heterocycles. The Labute approximate surface area is 784 Å². The van der Waals surface area contributed by atoms with Crippen LogP contribution < -0.4 is 10.9 Å². The quantitative estimate of drug-likeness (QED) is 0.0751. The number of hydrogen-bond acceptors (Lipinski definition) is 13. The van der Waals surface area contributed by atoms with E-state index < -0.39 is 14.2 Å². The molecule has 3 aromatic heterocycles. The zero-order chi connectivity index (χ0) is 89.0. The topological polar surface area (TPSA) is 197 Å². The molecular weight excluding hydrogens is 1720 g/mol. The first-order chi connectivity index (χ1) is 62.8.